The molecule has 0 bridgehead atoms. The van der Waals surface area contributed by atoms with E-state index in [1.807, 2.05) is 13.8 Å². The minimum atomic E-state index is -0.524. The van der Waals surface area contributed by atoms with Crippen LogP contribution >= 0.6 is 0 Å². The summed E-state index contributed by atoms with van der Waals surface area (Å²) in [5, 5.41) is 7.22. The Morgan fingerprint density at radius 2 is 1.80 bits per heavy atom. The van der Waals surface area contributed by atoms with Crippen LogP contribution in [-0.4, -0.2) is 39.2 Å². The van der Waals surface area contributed by atoms with Gasteiger partial charge in [0.05, 0.1) is 17.0 Å². The Morgan fingerprint density at radius 3 is 2.40 bits per heavy atom. The number of aryl methyl sites for hydroxylation is 1. The number of benzene rings is 1. The fraction of sp³-hybridized carbons (Fsp3) is 0.238. The number of hydrogen-bond acceptors (Lipinski definition) is 5. The van der Waals surface area contributed by atoms with E-state index in [0.717, 1.165) is 17.0 Å². The zero-order valence-corrected chi connectivity index (χ0v) is 17.0. The Hall–Kier alpha value is -3.88. The molecule has 0 radical (unpaired) electrons. The SMILES string of the molecule is C=C1C(=O)N=C(n2nc(C)c(CCC(=O)Nc3ccc(C(N)=O)cc3)c2C)N=C1C. The standard InChI is InChI=1S/C21H22N6O3/c1-11-12(2)23-21(25-20(11)30)27-14(4)17(13(3)26-27)9-10-18(28)24-16-7-5-15(6-8-16)19(22)29/h5-8H,1,9-10H2,2-4H3,(H2,22,29)(H,24,28). The number of aromatic nitrogens is 2. The highest BCUT2D eigenvalue weighted by Crippen LogP contribution is 2.18. The van der Waals surface area contributed by atoms with Gasteiger partial charge in [0.2, 0.25) is 11.8 Å². The maximum Gasteiger partial charge on any atom is 0.281 e. The molecule has 3 N–H and O–H groups in total. The number of carbonyl (C=O) groups is 3. The number of anilines is 1. The summed E-state index contributed by atoms with van der Waals surface area (Å²) in [6.07, 6.45) is 0.689. The number of aliphatic imine (C=N–C) groups is 2. The molecular formula is C21H22N6O3. The Bertz CT molecular complexity index is 1120. The summed E-state index contributed by atoms with van der Waals surface area (Å²) in [5.41, 5.74) is 9.32. The summed E-state index contributed by atoms with van der Waals surface area (Å²) in [7, 11) is 0. The average molecular weight is 406 g/mol. The highest BCUT2D eigenvalue weighted by Gasteiger charge is 2.22. The summed E-state index contributed by atoms with van der Waals surface area (Å²) in [6.45, 7) is 9.04. The second-order valence-corrected chi connectivity index (χ2v) is 6.94. The minimum absolute atomic E-state index is 0.177. The first-order valence-electron chi connectivity index (χ1n) is 9.30. The number of amides is 3. The van der Waals surface area contributed by atoms with E-state index in [4.69, 9.17) is 5.73 Å². The van der Waals surface area contributed by atoms with Gasteiger partial charge in [0.1, 0.15) is 0 Å². The summed E-state index contributed by atoms with van der Waals surface area (Å²) >= 11 is 0. The van der Waals surface area contributed by atoms with Crippen LogP contribution in [0.5, 0.6) is 0 Å². The molecule has 9 nitrogen and oxygen atoms in total. The van der Waals surface area contributed by atoms with Gasteiger partial charge in [0.15, 0.2) is 0 Å². The highest BCUT2D eigenvalue weighted by atomic mass is 16.2. The van der Waals surface area contributed by atoms with E-state index < -0.39 is 11.8 Å². The van der Waals surface area contributed by atoms with Gasteiger partial charge in [-0.25, -0.2) is 9.67 Å². The molecular weight excluding hydrogens is 384 g/mol. The Morgan fingerprint density at radius 1 is 1.13 bits per heavy atom. The van der Waals surface area contributed by atoms with Crippen molar-refractivity contribution in [3.05, 3.63) is 58.9 Å². The molecule has 1 aliphatic heterocycles. The van der Waals surface area contributed by atoms with Crippen LogP contribution in [0.2, 0.25) is 0 Å². The van der Waals surface area contributed by atoms with Crippen molar-refractivity contribution in [1.29, 1.82) is 0 Å². The van der Waals surface area contributed by atoms with Crippen LogP contribution in [-0.2, 0) is 16.0 Å². The number of primary amides is 1. The normalized spacial score (nSPS) is 13.7. The molecule has 0 spiro atoms. The summed E-state index contributed by atoms with van der Waals surface area (Å²) < 4.78 is 1.51. The second kappa shape index (κ2) is 8.24. The quantitative estimate of drug-likeness (QED) is 0.734. The molecule has 1 aromatic carbocycles. The van der Waals surface area contributed by atoms with Gasteiger partial charge in [-0.3, -0.25) is 14.4 Å². The molecule has 154 valence electrons. The zero-order valence-electron chi connectivity index (χ0n) is 17.0. The largest absolute Gasteiger partial charge is 0.366 e. The Balaban J connectivity index is 1.70. The average Bonchev–Trinajstić information content (AvgIpc) is 2.98. The lowest BCUT2D eigenvalue weighted by Crippen LogP contribution is -2.23. The van der Waals surface area contributed by atoms with Gasteiger partial charge >= 0.3 is 0 Å². The number of nitrogens with one attached hydrogen (secondary N) is 1. The van der Waals surface area contributed by atoms with Crippen molar-refractivity contribution in [2.45, 2.75) is 33.6 Å². The van der Waals surface area contributed by atoms with Crippen LogP contribution in [0.25, 0.3) is 0 Å². The van der Waals surface area contributed by atoms with Gasteiger partial charge in [0.25, 0.3) is 11.9 Å². The molecule has 0 aliphatic carbocycles. The molecule has 9 heteroatoms. The van der Waals surface area contributed by atoms with E-state index in [2.05, 4.69) is 27.0 Å². The maximum atomic E-state index is 12.3. The molecule has 0 saturated heterocycles. The van der Waals surface area contributed by atoms with Crippen LogP contribution in [0, 0.1) is 13.8 Å². The molecule has 1 aromatic heterocycles. The summed E-state index contributed by atoms with van der Waals surface area (Å²) in [5.74, 6) is -0.947. The molecule has 0 unspecified atom stereocenters. The van der Waals surface area contributed by atoms with Gasteiger partial charge < -0.3 is 11.1 Å². The predicted octanol–water partition coefficient (Wildman–Crippen LogP) is 1.93. The van der Waals surface area contributed by atoms with E-state index >= 15 is 0 Å². The van der Waals surface area contributed by atoms with Crippen molar-refractivity contribution in [2.24, 2.45) is 15.7 Å². The van der Waals surface area contributed by atoms with E-state index in [-0.39, 0.29) is 23.9 Å². The van der Waals surface area contributed by atoms with Crippen molar-refractivity contribution < 1.29 is 14.4 Å². The van der Waals surface area contributed by atoms with E-state index in [1.54, 1.807) is 31.2 Å². The van der Waals surface area contributed by atoms with Crippen molar-refractivity contribution in [2.75, 3.05) is 5.32 Å². The van der Waals surface area contributed by atoms with Crippen LogP contribution in [0.15, 0.2) is 46.4 Å². The van der Waals surface area contributed by atoms with Gasteiger partial charge in [-0.05, 0) is 57.0 Å². The fourth-order valence-corrected chi connectivity index (χ4v) is 3.06. The fourth-order valence-electron chi connectivity index (χ4n) is 3.06. The number of carbonyl (C=O) groups excluding carboxylic acids is 3. The summed E-state index contributed by atoms with van der Waals surface area (Å²) in [6, 6.07) is 6.36. The molecule has 0 fully saturated rings. The molecule has 30 heavy (non-hydrogen) atoms. The number of hydrogen-bond donors (Lipinski definition) is 2. The third kappa shape index (κ3) is 4.24. The van der Waals surface area contributed by atoms with Gasteiger partial charge in [-0.1, -0.05) is 6.58 Å². The monoisotopic (exact) mass is 406 g/mol. The van der Waals surface area contributed by atoms with Crippen molar-refractivity contribution in [1.82, 2.24) is 9.78 Å². The molecule has 1 aliphatic rings. The van der Waals surface area contributed by atoms with Crippen LogP contribution in [0.1, 0.15) is 40.7 Å². The van der Waals surface area contributed by atoms with Crippen molar-refractivity contribution in [3.63, 3.8) is 0 Å². The molecule has 2 heterocycles. The lowest BCUT2D eigenvalue weighted by Gasteiger charge is -2.11. The summed E-state index contributed by atoms with van der Waals surface area (Å²) in [4.78, 5) is 43.6. The molecule has 0 saturated carbocycles. The first kappa shape index (κ1) is 20.8. The smallest absolute Gasteiger partial charge is 0.281 e. The van der Waals surface area contributed by atoms with Crippen LogP contribution in [0.4, 0.5) is 5.69 Å². The zero-order chi connectivity index (χ0) is 22.0. The van der Waals surface area contributed by atoms with Crippen molar-refractivity contribution >= 4 is 35.1 Å². The van der Waals surface area contributed by atoms with Gasteiger partial charge in [-0.2, -0.15) is 10.1 Å². The first-order chi connectivity index (χ1) is 14.2. The molecule has 2 aromatic rings. The molecule has 3 amide bonds. The Kier molecular flexibility index (Phi) is 5.72. The molecule has 3 rings (SSSR count). The second-order valence-electron chi connectivity index (χ2n) is 6.94. The minimum Gasteiger partial charge on any atom is -0.366 e. The number of rotatable bonds is 5. The van der Waals surface area contributed by atoms with Gasteiger partial charge in [0, 0.05) is 23.4 Å². The maximum absolute atomic E-state index is 12.3. The lowest BCUT2D eigenvalue weighted by atomic mass is 10.1. The Labute approximate surface area is 173 Å². The topological polar surface area (TPSA) is 132 Å². The predicted molar refractivity (Wildman–Crippen MR) is 114 cm³/mol. The third-order valence-electron chi connectivity index (χ3n) is 4.85. The van der Waals surface area contributed by atoms with Crippen molar-refractivity contribution in [3.8, 4) is 0 Å². The van der Waals surface area contributed by atoms with Gasteiger partial charge in [-0.15, -0.1) is 0 Å². The van der Waals surface area contributed by atoms with E-state index in [9.17, 15) is 14.4 Å². The lowest BCUT2D eigenvalue weighted by molar-refractivity contribution is -0.116. The highest BCUT2D eigenvalue weighted by molar-refractivity contribution is 6.27. The van der Waals surface area contributed by atoms with Crippen LogP contribution in [0.3, 0.4) is 0 Å². The first-order valence-corrected chi connectivity index (χ1v) is 9.30. The molecule has 0 atom stereocenters. The van der Waals surface area contributed by atoms with E-state index in [0.29, 0.717) is 23.4 Å². The number of nitrogens with zero attached hydrogens (tertiary/aromatic N) is 4. The number of nitrogens with two attached hydrogens (primary N) is 1. The third-order valence-corrected chi connectivity index (χ3v) is 4.85. The van der Waals surface area contributed by atoms with Crippen LogP contribution < -0.4 is 11.1 Å². The van der Waals surface area contributed by atoms with E-state index in [1.165, 1.54) is 4.68 Å².